The van der Waals surface area contributed by atoms with Crippen LogP contribution in [0.4, 0.5) is 0 Å². The predicted molar refractivity (Wildman–Crippen MR) is 165 cm³/mol. The van der Waals surface area contributed by atoms with Crippen LogP contribution in [0, 0.1) is 34.5 Å². The number of benzene rings is 2. The fourth-order valence-corrected chi connectivity index (χ4v) is 11.1. The average molecular weight is 581 g/mol. The Morgan fingerprint density at radius 2 is 1.00 bits per heavy atom. The van der Waals surface area contributed by atoms with Crippen molar-refractivity contribution < 1.29 is 20.4 Å². The third-order valence-corrected chi connectivity index (χ3v) is 13.3. The van der Waals surface area contributed by atoms with Crippen molar-refractivity contribution in [3.05, 3.63) is 58.7 Å². The summed E-state index contributed by atoms with van der Waals surface area (Å²) in [4.78, 5) is 0. The zero-order chi connectivity index (χ0) is 27.8. The minimum absolute atomic E-state index is 0. The van der Waals surface area contributed by atoms with Gasteiger partial charge in [-0.05, 0) is 170 Å². The van der Waals surface area contributed by atoms with E-state index in [1.807, 2.05) is 24.3 Å². The summed E-state index contributed by atoms with van der Waals surface area (Å²) in [6.45, 7) is 4.63. The van der Waals surface area contributed by atoms with Gasteiger partial charge in [-0.15, -0.1) is 12.4 Å². The Balaban J connectivity index is 0.000000144. The lowest BCUT2D eigenvalue weighted by Gasteiger charge is -2.50. The van der Waals surface area contributed by atoms with Gasteiger partial charge in [-0.2, -0.15) is 0 Å². The van der Waals surface area contributed by atoms with Gasteiger partial charge >= 0.3 is 0 Å². The minimum atomic E-state index is -0.0883. The summed E-state index contributed by atoms with van der Waals surface area (Å²) < 4.78 is 0. The van der Waals surface area contributed by atoms with Crippen molar-refractivity contribution >= 4 is 12.4 Å². The molecule has 4 N–H and O–H groups in total. The van der Waals surface area contributed by atoms with Gasteiger partial charge in [0, 0.05) is 0 Å². The van der Waals surface area contributed by atoms with Gasteiger partial charge in [-0.1, -0.05) is 26.0 Å². The fraction of sp³-hybridized carbons (Fsp3) is 0.667. The molecule has 4 nitrogen and oxygen atoms in total. The summed E-state index contributed by atoms with van der Waals surface area (Å²) in [6, 6.07) is 11.9. The molecule has 0 heterocycles. The van der Waals surface area contributed by atoms with E-state index in [0.29, 0.717) is 35.2 Å². The second-order valence-corrected chi connectivity index (χ2v) is 14.9. The van der Waals surface area contributed by atoms with Crippen LogP contribution in [0.5, 0.6) is 11.5 Å². The van der Waals surface area contributed by atoms with E-state index in [2.05, 4.69) is 26.0 Å². The van der Waals surface area contributed by atoms with Crippen LogP contribution in [-0.2, 0) is 12.8 Å². The lowest BCUT2D eigenvalue weighted by atomic mass is 9.55. The maximum atomic E-state index is 10.4. The molecule has 0 aliphatic heterocycles. The van der Waals surface area contributed by atoms with Gasteiger partial charge in [0.15, 0.2) is 0 Å². The molecular weight excluding hydrogens is 532 g/mol. The second kappa shape index (κ2) is 10.8. The molecule has 5 heteroatoms. The van der Waals surface area contributed by atoms with Crippen molar-refractivity contribution in [3.63, 3.8) is 0 Å². The van der Waals surface area contributed by atoms with Gasteiger partial charge in [0.25, 0.3) is 0 Å². The number of phenolic OH excluding ortho intramolecular Hbond substituents is 2. The van der Waals surface area contributed by atoms with Crippen LogP contribution in [0.25, 0.3) is 0 Å². The Morgan fingerprint density at radius 3 is 1.41 bits per heavy atom. The molecule has 0 saturated heterocycles. The Labute approximate surface area is 252 Å². The molecule has 6 aliphatic carbocycles. The van der Waals surface area contributed by atoms with Crippen molar-refractivity contribution in [2.24, 2.45) is 34.5 Å². The van der Waals surface area contributed by atoms with E-state index in [0.717, 1.165) is 50.4 Å². The quantitative estimate of drug-likeness (QED) is 0.258. The number of hydrogen-bond acceptors (Lipinski definition) is 4. The number of fused-ring (bicyclic) bond motifs is 10. The first kappa shape index (κ1) is 29.3. The number of aryl methyl sites for hydroxylation is 2. The number of hydrogen-bond donors (Lipinski definition) is 4. The largest absolute Gasteiger partial charge is 0.508 e. The molecule has 10 atom stereocenters. The van der Waals surface area contributed by atoms with Gasteiger partial charge in [0.1, 0.15) is 11.5 Å². The first-order valence-corrected chi connectivity index (χ1v) is 16.2. The van der Waals surface area contributed by atoms with E-state index < -0.39 is 0 Å². The van der Waals surface area contributed by atoms with Crippen LogP contribution >= 0.6 is 12.4 Å². The van der Waals surface area contributed by atoms with Crippen molar-refractivity contribution in [2.45, 2.75) is 115 Å². The van der Waals surface area contributed by atoms with E-state index in [9.17, 15) is 20.4 Å². The van der Waals surface area contributed by atoms with Crippen molar-refractivity contribution in [1.29, 1.82) is 0 Å². The predicted octanol–water partition coefficient (Wildman–Crippen LogP) is 7.64. The average Bonchev–Trinajstić information content (AvgIpc) is 3.43. The molecule has 4 saturated carbocycles. The van der Waals surface area contributed by atoms with Crippen LogP contribution < -0.4 is 0 Å². The van der Waals surface area contributed by atoms with E-state index in [1.54, 1.807) is 0 Å². The highest BCUT2D eigenvalue weighted by molar-refractivity contribution is 5.85. The zero-order valence-corrected chi connectivity index (χ0v) is 25.6. The number of aromatic hydroxyl groups is 2. The summed E-state index contributed by atoms with van der Waals surface area (Å²) in [7, 11) is 0. The summed E-state index contributed by atoms with van der Waals surface area (Å²) >= 11 is 0. The topological polar surface area (TPSA) is 80.9 Å². The molecule has 0 radical (unpaired) electrons. The lowest BCUT2D eigenvalue weighted by molar-refractivity contribution is -0.0226. The molecule has 0 aromatic heterocycles. The van der Waals surface area contributed by atoms with E-state index in [1.165, 1.54) is 60.8 Å². The van der Waals surface area contributed by atoms with Gasteiger partial charge < -0.3 is 20.4 Å². The third kappa shape index (κ3) is 4.62. The number of halogens is 1. The Bertz CT molecular complexity index is 1180. The van der Waals surface area contributed by atoms with Crippen molar-refractivity contribution in [1.82, 2.24) is 0 Å². The highest BCUT2D eigenvalue weighted by Crippen LogP contribution is 2.62. The summed E-state index contributed by atoms with van der Waals surface area (Å²) in [5, 5.41) is 40.1. The number of phenols is 2. The van der Waals surface area contributed by atoms with Crippen molar-refractivity contribution in [2.75, 3.05) is 0 Å². The first-order valence-electron chi connectivity index (χ1n) is 16.2. The number of rotatable bonds is 0. The smallest absolute Gasteiger partial charge is 0.115 e. The number of aliphatic hydroxyl groups excluding tert-OH is 2. The van der Waals surface area contributed by atoms with E-state index in [4.69, 9.17) is 0 Å². The van der Waals surface area contributed by atoms with Gasteiger partial charge in [-0.3, -0.25) is 0 Å². The molecule has 6 aliphatic rings. The second-order valence-electron chi connectivity index (χ2n) is 14.9. The molecular formula is C36H49ClO4. The molecule has 2 aromatic carbocycles. The van der Waals surface area contributed by atoms with Crippen LogP contribution in [0.2, 0.25) is 0 Å². The molecule has 8 rings (SSSR count). The SMILES string of the molecule is C[C@]12CC[C@@H]3c4ccc(O)cc4CC[C@H]3[C@@H]1CCC2O.C[C@]12CC[C@@H]3c4ccc(O)cc4CC[C@H]3[C@@H]1CCC2O.Cl. The molecule has 41 heavy (non-hydrogen) atoms. The highest BCUT2D eigenvalue weighted by atomic mass is 35.5. The maximum absolute atomic E-state index is 10.4. The van der Waals surface area contributed by atoms with Crippen LogP contribution in [0.15, 0.2) is 36.4 Å². The maximum Gasteiger partial charge on any atom is 0.115 e. The molecule has 224 valence electrons. The van der Waals surface area contributed by atoms with Crippen molar-refractivity contribution in [3.8, 4) is 11.5 Å². The molecule has 0 spiro atoms. The summed E-state index contributed by atoms with van der Waals surface area (Å²) in [6.07, 6.45) is 13.6. The van der Waals surface area contributed by atoms with E-state index >= 15 is 0 Å². The Hall–Kier alpha value is -1.75. The van der Waals surface area contributed by atoms with Gasteiger partial charge in [-0.25, -0.2) is 0 Å². The highest BCUT2D eigenvalue weighted by Gasteiger charge is 2.55. The Morgan fingerprint density at radius 1 is 0.585 bits per heavy atom. The zero-order valence-electron chi connectivity index (χ0n) is 24.8. The summed E-state index contributed by atoms with van der Waals surface area (Å²) in [5.74, 6) is 4.98. The molecule has 0 amide bonds. The number of aliphatic hydroxyl groups is 2. The Kier molecular flexibility index (Phi) is 7.69. The third-order valence-electron chi connectivity index (χ3n) is 13.3. The monoisotopic (exact) mass is 580 g/mol. The molecule has 4 fully saturated rings. The van der Waals surface area contributed by atoms with Gasteiger partial charge in [0.05, 0.1) is 12.2 Å². The molecule has 0 bridgehead atoms. The normalized spacial score (nSPS) is 41.7. The standard InChI is InChI=1S/2C18H24O2.ClH/c2*1-18-9-8-14-13-5-3-12(19)10-11(13)2-4-15(14)16(18)6-7-17(18)20;/h2*3,5,10,14-17,19-20H,2,4,6-9H2,1H3;1H/t2*14-,15-,16+,17?,18+;/m11./s1. The first-order chi connectivity index (χ1) is 19.2. The molecule has 2 unspecified atom stereocenters. The minimum Gasteiger partial charge on any atom is -0.508 e. The fourth-order valence-electron chi connectivity index (χ4n) is 11.1. The lowest BCUT2D eigenvalue weighted by Crippen LogP contribution is -2.43. The van der Waals surface area contributed by atoms with E-state index in [-0.39, 0.29) is 35.4 Å². The van der Waals surface area contributed by atoms with Crippen LogP contribution in [0.1, 0.15) is 112 Å². The van der Waals surface area contributed by atoms with Crippen LogP contribution in [-0.4, -0.2) is 32.6 Å². The van der Waals surface area contributed by atoms with Crippen LogP contribution in [0.3, 0.4) is 0 Å². The molecule has 2 aromatic rings. The summed E-state index contributed by atoms with van der Waals surface area (Å²) in [5.41, 5.74) is 5.98. The van der Waals surface area contributed by atoms with Gasteiger partial charge in [0.2, 0.25) is 0 Å².